The van der Waals surface area contributed by atoms with Gasteiger partial charge in [-0.15, -0.1) is 54.9 Å². The quantitative estimate of drug-likeness (QED) is 0.268. The minimum atomic E-state index is 0. The molecule has 0 saturated heterocycles. The van der Waals surface area contributed by atoms with E-state index in [1.165, 1.54) is 16.7 Å². The van der Waals surface area contributed by atoms with Gasteiger partial charge in [0.1, 0.15) is 0 Å². The maximum Gasteiger partial charge on any atom is 1.00 e. The zero-order chi connectivity index (χ0) is 7.94. The standard InChI is InChI=1S/C10H15.2HI.Ru/c1-7-6-10(4,5)9(3)8(7)2;;;/h1-5H3;2*1H;/q-1;;;+1. The molecule has 0 saturated carbocycles. The molecule has 0 atom stereocenters. The fraction of sp³-hybridized carbons (Fsp3) is 0.600. The molecule has 0 spiro atoms. The maximum absolute atomic E-state index is 3.44. The van der Waals surface area contributed by atoms with Crippen LogP contribution in [0.4, 0.5) is 0 Å². The van der Waals surface area contributed by atoms with Gasteiger partial charge in [0.15, 0.2) is 0 Å². The average Bonchev–Trinajstić information content (AvgIpc) is 1.95. The average molecular weight is 492 g/mol. The second kappa shape index (κ2) is 6.94. The number of rotatable bonds is 0. The van der Waals surface area contributed by atoms with E-state index < -0.39 is 0 Å². The molecule has 0 aromatic heterocycles. The molecule has 0 N–H and O–H groups in total. The van der Waals surface area contributed by atoms with E-state index in [4.69, 9.17) is 0 Å². The number of hydrogen-bond donors (Lipinski definition) is 0. The summed E-state index contributed by atoms with van der Waals surface area (Å²) in [4.78, 5) is 0. The second-order valence-electron chi connectivity index (χ2n) is 3.62. The van der Waals surface area contributed by atoms with Crippen LogP contribution >= 0.6 is 48.0 Å². The summed E-state index contributed by atoms with van der Waals surface area (Å²) >= 11 is 0. The third-order valence-corrected chi connectivity index (χ3v) is 2.56. The van der Waals surface area contributed by atoms with Gasteiger partial charge in [-0.3, -0.25) is 6.08 Å². The van der Waals surface area contributed by atoms with Crippen molar-refractivity contribution in [2.45, 2.75) is 34.6 Å². The van der Waals surface area contributed by atoms with Gasteiger partial charge < -0.3 is 0 Å². The zero-order valence-corrected chi connectivity index (χ0v) is 15.1. The van der Waals surface area contributed by atoms with Crippen LogP contribution in [0.1, 0.15) is 34.6 Å². The van der Waals surface area contributed by atoms with E-state index in [2.05, 4.69) is 40.7 Å². The van der Waals surface area contributed by atoms with Crippen molar-refractivity contribution in [2.75, 3.05) is 0 Å². The van der Waals surface area contributed by atoms with Crippen LogP contribution in [0.5, 0.6) is 0 Å². The Morgan fingerprint density at radius 1 is 1.00 bits per heavy atom. The second-order valence-corrected chi connectivity index (χ2v) is 3.62. The third kappa shape index (κ3) is 4.29. The van der Waals surface area contributed by atoms with Gasteiger partial charge in [0, 0.05) is 0 Å². The van der Waals surface area contributed by atoms with Crippen LogP contribution in [0.2, 0.25) is 0 Å². The van der Waals surface area contributed by atoms with Crippen molar-refractivity contribution in [1.82, 2.24) is 0 Å². The van der Waals surface area contributed by atoms with Crippen LogP contribution in [0.25, 0.3) is 0 Å². The Kier molecular flexibility index (Phi) is 10.7. The molecule has 13 heavy (non-hydrogen) atoms. The molecule has 1 aliphatic carbocycles. The van der Waals surface area contributed by atoms with Gasteiger partial charge >= 0.3 is 19.5 Å². The minimum absolute atomic E-state index is 0. The van der Waals surface area contributed by atoms with Crippen LogP contribution in [0, 0.1) is 11.5 Å². The Labute approximate surface area is 129 Å². The molecule has 0 nitrogen and oxygen atoms in total. The minimum Gasteiger partial charge on any atom is -0.263 e. The zero-order valence-electron chi connectivity index (χ0n) is 8.67. The Balaban J connectivity index is -0.000000333. The van der Waals surface area contributed by atoms with Crippen molar-refractivity contribution >= 4 is 48.0 Å². The Bertz CT molecular complexity index is 227. The Morgan fingerprint density at radius 2 is 1.38 bits per heavy atom. The third-order valence-electron chi connectivity index (χ3n) is 2.56. The fourth-order valence-electron chi connectivity index (χ4n) is 1.41. The van der Waals surface area contributed by atoms with Crippen molar-refractivity contribution in [3.8, 4) is 0 Å². The van der Waals surface area contributed by atoms with Crippen molar-refractivity contribution in [1.29, 1.82) is 0 Å². The topological polar surface area (TPSA) is 0 Å². The summed E-state index contributed by atoms with van der Waals surface area (Å²) < 4.78 is 0. The molecule has 79 valence electrons. The molecule has 1 rings (SSSR count). The molecule has 0 aromatic rings. The normalized spacial score (nSPS) is 18.1. The van der Waals surface area contributed by atoms with Crippen molar-refractivity contribution in [3.63, 3.8) is 0 Å². The molecule has 0 unspecified atom stereocenters. The Morgan fingerprint density at radius 3 is 1.46 bits per heavy atom. The molecule has 0 aliphatic heterocycles. The van der Waals surface area contributed by atoms with E-state index in [1.54, 1.807) is 0 Å². The van der Waals surface area contributed by atoms with E-state index in [9.17, 15) is 0 Å². The van der Waals surface area contributed by atoms with Gasteiger partial charge in [0.25, 0.3) is 0 Å². The maximum atomic E-state index is 3.44. The summed E-state index contributed by atoms with van der Waals surface area (Å²) in [6.45, 7) is 10.9. The molecule has 0 heterocycles. The number of halogens is 2. The van der Waals surface area contributed by atoms with E-state index in [0.29, 0.717) is 0 Å². The van der Waals surface area contributed by atoms with Gasteiger partial charge in [0.2, 0.25) is 0 Å². The van der Waals surface area contributed by atoms with E-state index in [1.807, 2.05) is 0 Å². The van der Waals surface area contributed by atoms with Gasteiger partial charge in [-0.25, -0.2) is 5.57 Å². The van der Waals surface area contributed by atoms with Crippen molar-refractivity contribution in [3.05, 3.63) is 22.8 Å². The van der Waals surface area contributed by atoms with Crippen molar-refractivity contribution < 1.29 is 19.5 Å². The summed E-state index contributed by atoms with van der Waals surface area (Å²) in [5.41, 5.74) is 4.39. The largest absolute Gasteiger partial charge is 1.00 e. The summed E-state index contributed by atoms with van der Waals surface area (Å²) in [5.74, 6) is 0. The first-order valence-electron chi connectivity index (χ1n) is 3.75. The first kappa shape index (κ1) is 20.0. The predicted molar refractivity (Wildman–Crippen MR) is 75.4 cm³/mol. The molecule has 0 amide bonds. The monoisotopic (exact) mass is 493 g/mol. The van der Waals surface area contributed by atoms with Crippen LogP contribution < -0.4 is 0 Å². The smallest absolute Gasteiger partial charge is 0.263 e. The summed E-state index contributed by atoms with van der Waals surface area (Å²) in [5, 5.41) is 0. The summed E-state index contributed by atoms with van der Waals surface area (Å²) in [7, 11) is 0. The molecular weight excluding hydrogens is 475 g/mol. The fourth-order valence-corrected chi connectivity index (χ4v) is 1.41. The molecule has 0 aromatic carbocycles. The molecule has 3 heteroatoms. The molecule has 1 aliphatic rings. The van der Waals surface area contributed by atoms with Crippen LogP contribution in [0.3, 0.4) is 0 Å². The molecular formula is C10H17I2Ru. The predicted octanol–water partition coefficient (Wildman–Crippen LogP) is 4.35. The van der Waals surface area contributed by atoms with E-state index in [-0.39, 0.29) is 72.8 Å². The summed E-state index contributed by atoms with van der Waals surface area (Å²) in [6.07, 6.45) is 3.44. The van der Waals surface area contributed by atoms with Crippen LogP contribution in [0.15, 0.2) is 16.7 Å². The van der Waals surface area contributed by atoms with Gasteiger partial charge in [0.05, 0.1) is 0 Å². The Hall–Kier alpha value is 1.56. The van der Waals surface area contributed by atoms with Crippen molar-refractivity contribution in [2.24, 2.45) is 5.41 Å². The number of allylic oxidation sites excluding steroid dienone is 4. The molecule has 1 radical (unpaired) electrons. The van der Waals surface area contributed by atoms with E-state index >= 15 is 0 Å². The SMILES string of the molecule is CC1=[C-]C(C)(C)C(C)=C1C.I.I.[Ru+]. The van der Waals surface area contributed by atoms with Gasteiger partial charge in [-0.2, -0.15) is 11.1 Å². The first-order chi connectivity index (χ1) is 4.45. The van der Waals surface area contributed by atoms with Gasteiger partial charge in [-0.1, -0.05) is 33.1 Å². The first-order valence-corrected chi connectivity index (χ1v) is 3.75. The van der Waals surface area contributed by atoms with Crippen LogP contribution in [-0.2, 0) is 19.5 Å². The van der Waals surface area contributed by atoms with Gasteiger partial charge in [-0.05, 0) is 0 Å². The molecule has 0 bridgehead atoms. The van der Waals surface area contributed by atoms with E-state index in [0.717, 1.165) is 0 Å². The summed E-state index contributed by atoms with van der Waals surface area (Å²) in [6, 6.07) is 0. The van der Waals surface area contributed by atoms with Crippen LogP contribution in [-0.4, -0.2) is 0 Å². The molecule has 0 fully saturated rings. The number of hydrogen-bond acceptors (Lipinski definition) is 0.